The zero-order chi connectivity index (χ0) is 19.1. The van der Waals surface area contributed by atoms with Gasteiger partial charge in [0, 0.05) is 6.20 Å². The van der Waals surface area contributed by atoms with E-state index in [1.807, 2.05) is 0 Å². The maximum atomic E-state index is 13.6. The molecule has 3 rings (SSSR count). The van der Waals surface area contributed by atoms with Crippen LogP contribution in [-0.2, 0) is 4.74 Å². The van der Waals surface area contributed by atoms with Crippen LogP contribution in [0.3, 0.4) is 0 Å². The van der Waals surface area contributed by atoms with E-state index in [4.69, 9.17) is 21.4 Å². The van der Waals surface area contributed by atoms with E-state index in [0.29, 0.717) is 12.8 Å². The first-order valence-corrected chi connectivity index (χ1v) is 8.44. The number of anilines is 1. The number of hydrogen-bond donors (Lipinski definition) is 2. The second-order valence-corrected chi connectivity index (χ2v) is 6.57. The van der Waals surface area contributed by atoms with E-state index in [2.05, 4.69) is 10.4 Å². The molecule has 142 valence electrons. The number of halogens is 4. The van der Waals surface area contributed by atoms with Gasteiger partial charge in [-0.05, 0) is 43.4 Å². The Morgan fingerprint density at radius 3 is 2.65 bits per heavy atom. The van der Waals surface area contributed by atoms with E-state index in [1.54, 1.807) is 0 Å². The van der Waals surface area contributed by atoms with Crippen molar-refractivity contribution >= 4 is 23.4 Å². The van der Waals surface area contributed by atoms with Crippen molar-refractivity contribution < 1.29 is 27.8 Å². The third-order valence-corrected chi connectivity index (χ3v) is 4.85. The van der Waals surface area contributed by atoms with E-state index in [0.717, 1.165) is 0 Å². The number of aromatic carboxylic acids is 1. The molecule has 1 aliphatic carbocycles. The molecule has 1 aromatic heterocycles. The lowest BCUT2D eigenvalue weighted by Crippen LogP contribution is -2.54. The highest BCUT2D eigenvalue weighted by Crippen LogP contribution is 2.53. The van der Waals surface area contributed by atoms with Crippen molar-refractivity contribution in [1.82, 2.24) is 10.4 Å². The second-order valence-electron chi connectivity index (χ2n) is 6.21. The van der Waals surface area contributed by atoms with Crippen LogP contribution >= 0.6 is 11.6 Å². The molecule has 1 aromatic rings. The highest BCUT2D eigenvalue weighted by molar-refractivity contribution is 6.32. The number of hydrazine groups is 1. The summed E-state index contributed by atoms with van der Waals surface area (Å²) < 4.78 is 46.4. The zero-order valence-corrected chi connectivity index (χ0v) is 14.5. The highest BCUT2D eigenvalue weighted by atomic mass is 35.5. The Balaban J connectivity index is 1.74. The van der Waals surface area contributed by atoms with Crippen LogP contribution in [0.1, 0.15) is 36.5 Å². The number of rotatable bonds is 6. The fourth-order valence-electron chi connectivity index (χ4n) is 3.06. The summed E-state index contributed by atoms with van der Waals surface area (Å²) in [6.45, 7) is 1.47. The van der Waals surface area contributed by atoms with E-state index in [1.165, 1.54) is 36.3 Å². The minimum atomic E-state index is -4.48. The van der Waals surface area contributed by atoms with Gasteiger partial charge in [0.25, 0.3) is 0 Å². The van der Waals surface area contributed by atoms with Gasteiger partial charge in [-0.3, -0.25) is 5.01 Å². The van der Waals surface area contributed by atoms with Crippen LogP contribution in [0, 0.1) is 5.92 Å². The summed E-state index contributed by atoms with van der Waals surface area (Å²) in [5.41, 5.74) is 0.403. The molecule has 2 N–H and O–H groups in total. The smallest absolute Gasteiger partial charge is 0.417 e. The molecule has 0 aromatic carbocycles. The Labute approximate surface area is 152 Å². The highest BCUT2D eigenvalue weighted by Gasteiger charge is 2.63. The predicted molar refractivity (Wildman–Crippen MR) is 87.6 cm³/mol. The molecule has 0 saturated heterocycles. The lowest BCUT2D eigenvalue weighted by molar-refractivity contribution is -0.298. The summed E-state index contributed by atoms with van der Waals surface area (Å²) >= 11 is 5.83. The van der Waals surface area contributed by atoms with Gasteiger partial charge in [0.05, 0.1) is 5.56 Å². The fourth-order valence-corrected chi connectivity index (χ4v) is 3.29. The number of hydrogen-bond acceptors (Lipinski definition) is 5. The van der Waals surface area contributed by atoms with Gasteiger partial charge in [0.2, 0.25) is 0 Å². The van der Waals surface area contributed by atoms with E-state index < -0.39 is 29.9 Å². The average Bonchev–Trinajstić information content (AvgIpc) is 3.30. The van der Waals surface area contributed by atoms with Crippen LogP contribution in [0.5, 0.6) is 0 Å². The minimum Gasteiger partial charge on any atom is -0.478 e. The quantitative estimate of drug-likeness (QED) is 0.720. The number of pyridine rings is 1. The molecule has 2 aliphatic rings. The molecule has 0 amide bonds. The van der Waals surface area contributed by atoms with Crippen molar-refractivity contribution in [3.8, 4) is 0 Å². The number of carbonyl (C=O) groups is 1. The first-order chi connectivity index (χ1) is 12.2. The largest absolute Gasteiger partial charge is 0.478 e. The van der Waals surface area contributed by atoms with E-state index >= 15 is 0 Å². The van der Waals surface area contributed by atoms with Gasteiger partial charge in [0.1, 0.15) is 17.2 Å². The number of nitrogens with zero attached hydrogens (tertiary/aromatic N) is 2. The molecule has 10 heteroatoms. The average molecular weight is 392 g/mol. The van der Waals surface area contributed by atoms with Crippen LogP contribution in [0.25, 0.3) is 0 Å². The SMILES string of the molecule is CCC(OC1C=CN(c2ccc(C(=O)O)c(Cl)n2)N1)(C1CC1)C(F)(F)F. The number of alkyl halides is 3. The zero-order valence-electron chi connectivity index (χ0n) is 13.8. The minimum absolute atomic E-state index is 0.165. The Morgan fingerprint density at radius 2 is 2.15 bits per heavy atom. The Kier molecular flexibility index (Phi) is 4.89. The normalized spacial score (nSPS) is 22.5. The third-order valence-electron chi connectivity index (χ3n) is 4.57. The van der Waals surface area contributed by atoms with Crippen LogP contribution in [0.2, 0.25) is 5.15 Å². The maximum Gasteiger partial charge on any atom is 0.417 e. The van der Waals surface area contributed by atoms with Gasteiger partial charge >= 0.3 is 12.1 Å². The summed E-state index contributed by atoms with van der Waals surface area (Å²) in [5, 5.41) is 10.1. The summed E-state index contributed by atoms with van der Waals surface area (Å²) in [6, 6.07) is 2.67. The van der Waals surface area contributed by atoms with Gasteiger partial charge in [-0.15, -0.1) is 0 Å². The van der Waals surface area contributed by atoms with Crippen molar-refractivity contribution in [2.45, 2.75) is 44.2 Å². The molecule has 1 aliphatic heterocycles. The van der Waals surface area contributed by atoms with Crippen LogP contribution in [0.4, 0.5) is 19.0 Å². The molecule has 2 atom stereocenters. The molecule has 2 unspecified atom stereocenters. The number of nitrogens with one attached hydrogen (secondary N) is 1. The summed E-state index contributed by atoms with van der Waals surface area (Å²) in [5.74, 6) is -1.52. The van der Waals surface area contributed by atoms with E-state index in [-0.39, 0.29) is 23.0 Å². The van der Waals surface area contributed by atoms with Crippen LogP contribution in [-0.4, -0.2) is 34.1 Å². The fraction of sp³-hybridized carbons (Fsp3) is 0.500. The molecular weight excluding hydrogens is 375 g/mol. The van der Waals surface area contributed by atoms with Crippen molar-refractivity contribution in [3.63, 3.8) is 0 Å². The maximum absolute atomic E-state index is 13.6. The predicted octanol–water partition coefficient (Wildman–Crippen LogP) is 3.74. The molecule has 0 bridgehead atoms. The van der Waals surface area contributed by atoms with Crippen molar-refractivity contribution in [1.29, 1.82) is 0 Å². The first-order valence-electron chi connectivity index (χ1n) is 8.06. The topological polar surface area (TPSA) is 74.7 Å². The summed E-state index contributed by atoms with van der Waals surface area (Å²) in [6.07, 6.45) is -1.76. The summed E-state index contributed by atoms with van der Waals surface area (Å²) in [7, 11) is 0. The number of ether oxygens (including phenoxy) is 1. The summed E-state index contributed by atoms with van der Waals surface area (Å²) in [4.78, 5) is 14.9. The lowest BCUT2D eigenvalue weighted by atomic mass is 9.93. The molecule has 0 spiro atoms. The number of aromatic nitrogens is 1. The van der Waals surface area contributed by atoms with Crippen molar-refractivity contribution in [3.05, 3.63) is 35.1 Å². The Hall–Kier alpha value is -1.84. The Morgan fingerprint density at radius 1 is 1.46 bits per heavy atom. The number of carboxylic acids is 1. The molecule has 6 nitrogen and oxygen atoms in total. The van der Waals surface area contributed by atoms with Gasteiger partial charge < -0.3 is 9.84 Å². The van der Waals surface area contributed by atoms with Gasteiger partial charge in [-0.1, -0.05) is 18.5 Å². The van der Waals surface area contributed by atoms with Gasteiger partial charge in [0.15, 0.2) is 5.60 Å². The molecule has 1 fully saturated rings. The molecular formula is C16H17ClF3N3O3. The molecule has 26 heavy (non-hydrogen) atoms. The molecule has 2 heterocycles. The Bertz CT molecular complexity index is 739. The van der Waals surface area contributed by atoms with Crippen LogP contribution in [0.15, 0.2) is 24.4 Å². The third kappa shape index (κ3) is 3.38. The van der Waals surface area contributed by atoms with Crippen molar-refractivity contribution in [2.75, 3.05) is 5.01 Å². The monoisotopic (exact) mass is 391 g/mol. The standard InChI is InChI=1S/C16H17ClF3N3O3/c1-2-15(9-3-4-9,16(18,19)20)26-12-7-8-23(22-12)11-6-5-10(14(24)25)13(17)21-11/h5-9,12,22H,2-4H2,1H3,(H,24,25). The van der Waals surface area contributed by atoms with Crippen LogP contribution < -0.4 is 10.4 Å². The van der Waals surface area contributed by atoms with E-state index in [9.17, 15) is 18.0 Å². The second kappa shape index (κ2) is 6.71. The van der Waals surface area contributed by atoms with Crippen molar-refractivity contribution in [2.24, 2.45) is 5.92 Å². The first kappa shape index (κ1) is 18.9. The van der Waals surface area contributed by atoms with Gasteiger partial charge in [-0.25, -0.2) is 9.78 Å². The molecule has 1 saturated carbocycles. The lowest BCUT2D eigenvalue weighted by Gasteiger charge is -2.37. The number of carboxylic acid groups (broad SMARTS) is 1. The molecule has 0 radical (unpaired) electrons. The van der Waals surface area contributed by atoms with Gasteiger partial charge in [-0.2, -0.15) is 18.6 Å².